The standard InChI is InChI=1S/C11H18N2O2/c1-5-8(4)13-10(11(14)15)6-9(12-13)7(2)3/h6-8H,5H2,1-4H3,(H,14,15). The first-order chi connectivity index (χ1) is 6.97. The van der Waals surface area contributed by atoms with Crippen LogP contribution in [0.25, 0.3) is 0 Å². The molecule has 1 atom stereocenters. The number of carboxylic acid groups (broad SMARTS) is 1. The Balaban J connectivity index is 3.17. The first-order valence-electron chi connectivity index (χ1n) is 5.30. The van der Waals surface area contributed by atoms with Gasteiger partial charge in [-0.25, -0.2) is 4.79 Å². The number of aromatic carboxylic acids is 1. The smallest absolute Gasteiger partial charge is 0.354 e. The lowest BCUT2D eigenvalue weighted by Crippen LogP contribution is -2.13. The van der Waals surface area contributed by atoms with E-state index in [1.165, 1.54) is 0 Å². The molecule has 1 unspecified atom stereocenters. The van der Waals surface area contributed by atoms with E-state index in [0.717, 1.165) is 12.1 Å². The first-order valence-corrected chi connectivity index (χ1v) is 5.30. The van der Waals surface area contributed by atoms with Crippen molar-refractivity contribution in [2.45, 2.75) is 46.1 Å². The van der Waals surface area contributed by atoms with Crippen LogP contribution in [0.1, 0.15) is 62.3 Å². The zero-order valence-electron chi connectivity index (χ0n) is 9.69. The molecule has 15 heavy (non-hydrogen) atoms. The Hall–Kier alpha value is -1.32. The van der Waals surface area contributed by atoms with Crippen molar-refractivity contribution >= 4 is 5.97 Å². The van der Waals surface area contributed by atoms with E-state index in [2.05, 4.69) is 5.10 Å². The number of carboxylic acids is 1. The van der Waals surface area contributed by atoms with Crippen LogP contribution in [0.15, 0.2) is 6.07 Å². The normalized spacial score (nSPS) is 13.1. The number of rotatable bonds is 4. The summed E-state index contributed by atoms with van der Waals surface area (Å²) in [7, 11) is 0. The van der Waals surface area contributed by atoms with Gasteiger partial charge in [-0.05, 0) is 25.3 Å². The number of aromatic nitrogens is 2. The lowest BCUT2D eigenvalue weighted by atomic mass is 10.1. The van der Waals surface area contributed by atoms with E-state index in [1.807, 2.05) is 27.7 Å². The summed E-state index contributed by atoms with van der Waals surface area (Å²) in [5.41, 5.74) is 1.13. The van der Waals surface area contributed by atoms with Gasteiger partial charge in [-0.15, -0.1) is 0 Å². The van der Waals surface area contributed by atoms with Gasteiger partial charge >= 0.3 is 5.97 Å². The molecule has 1 aromatic rings. The second-order valence-electron chi connectivity index (χ2n) is 4.12. The van der Waals surface area contributed by atoms with Gasteiger partial charge in [0.2, 0.25) is 0 Å². The number of nitrogens with zero attached hydrogens (tertiary/aromatic N) is 2. The van der Waals surface area contributed by atoms with Gasteiger partial charge in [0.05, 0.1) is 5.69 Å². The summed E-state index contributed by atoms with van der Waals surface area (Å²) >= 11 is 0. The molecule has 0 aromatic carbocycles. The first kappa shape index (κ1) is 11.8. The van der Waals surface area contributed by atoms with Crippen molar-refractivity contribution in [3.63, 3.8) is 0 Å². The van der Waals surface area contributed by atoms with Gasteiger partial charge in [-0.1, -0.05) is 20.8 Å². The topological polar surface area (TPSA) is 55.1 Å². The number of hydrogen-bond donors (Lipinski definition) is 1. The molecule has 0 spiro atoms. The van der Waals surface area contributed by atoms with Crippen molar-refractivity contribution in [3.8, 4) is 0 Å². The second kappa shape index (κ2) is 4.47. The van der Waals surface area contributed by atoms with E-state index in [-0.39, 0.29) is 17.7 Å². The fourth-order valence-electron chi connectivity index (χ4n) is 1.36. The number of hydrogen-bond acceptors (Lipinski definition) is 2. The second-order valence-corrected chi connectivity index (χ2v) is 4.12. The highest BCUT2D eigenvalue weighted by Gasteiger charge is 2.18. The maximum absolute atomic E-state index is 11.0. The highest BCUT2D eigenvalue weighted by atomic mass is 16.4. The third kappa shape index (κ3) is 2.37. The fraction of sp³-hybridized carbons (Fsp3) is 0.636. The van der Waals surface area contributed by atoms with Crippen LogP contribution in [0, 0.1) is 0 Å². The van der Waals surface area contributed by atoms with Crippen LogP contribution in [0.3, 0.4) is 0 Å². The van der Waals surface area contributed by atoms with Crippen molar-refractivity contribution in [3.05, 3.63) is 17.5 Å². The van der Waals surface area contributed by atoms with Crippen molar-refractivity contribution in [1.29, 1.82) is 0 Å². The molecule has 0 saturated heterocycles. The molecule has 1 aromatic heterocycles. The van der Waals surface area contributed by atoms with Crippen molar-refractivity contribution < 1.29 is 9.90 Å². The van der Waals surface area contributed by atoms with E-state index < -0.39 is 5.97 Å². The summed E-state index contributed by atoms with van der Waals surface area (Å²) in [6.45, 7) is 8.01. The summed E-state index contributed by atoms with van der Waals surface area (Å²) in [4.78, 5) is 11.0. The minimum absolute atomic E-state index is 0.128. The van der Waals surface area contributed by atoms with Crippen LogP contribution < -0.4 is 0 Å². The van der Waals surface area contributed by atoms with Crippen LogP contribution in [0.4, 0.5) is 0 Å². The monoisotopic (exact) mass is 210 g/mol. The average molecular weight is 210 g/mol. The third-order valence-corrected chi connectivity index (χ3v) is 2.57. The molecule has 4 nitrogen and oxygen atoms in total. The Morgan fingerprint density at radius 3 is 2.53 bits per heavy atom. The summed E-state index contributed by atoms with van der Waals surface area (Å²) in [6, 6.07) is 1.79. The Kier molecular flexibility index (Phi) is 3.50. The molecule has 0 aliphatic rings. The zero-order valence-corrected chi connectivity index (χ0v) is 9.69. The van der Waals surface area contributed by atoms with Crippen LogP contribution >= 0.6 is 0 Å². The van der Waals surface area contributed by atoms with Gasteiger partial charge in [-0.3, -0.25) is 4.68 Å². The molecule has 0 aliphatic carbocycles. The maximum atomic E-state index is 11.0. The molecule has 84 valence electrons. The van der Waals surface area contributed by atoms with Crippen molar-refractivity contribution in [2.75, 3.05) is 0 Å². The Bertz CT molecular complexity index is 355. The van der Waals surface area contributed by atoms with Crippen LogP contribution in [0.2, 0.25) is 0 Å². The lowest BCUT2D eigenvalue weighted by Gasteiger charge is -2.11. The maximum Gasteiger partial charge on any atom is 0.354 e. The highest BCUT2D eigenvalue weighted by Crippen LogP contribution is 2.19. The van der Waals surface area contributed by atoms with Crippen molar-refractivity contribution in [2.24, 2.45) is 0 Å². The molecule has 4 heteroatoms. The molecule has 1 N–H and O–H groups in total. The minimum Gasteiger partial charge on any atom is -0.477 e. The Morgan fingerprint density at radius 2 is 2.13 bits per heavy atom. The Labute approximate surface area is 89.9 Å². The summed E-state index contributed by atoms with van der Waals surface area (Å²) in [5.74, 6) is -0.650. The van der Waals surface area contributed by atoms with Crippen LogP contribution in [0.5, 0.6) is 0 Å². The predicted molar refractivity (Wildman–Crippen MR) is 58.3 cm³/mol. The van der Waals surface area contributed by atoms with Gasteiger partial charge in [0.25, 0.3) is 0 Å². The summed E-state index contributed by atoms with van der Waals surface area (Å²) in [6.07, 6.45) is 0.874. The number of carbonyl (C=O) groups is 1. The van der Waals surface area contributed by atoms with Gasteiger partial charge in [0.1, 0.15) is 5.69 Å². The SMILES string of the molecule is CCC(C)n1nc(C(C)C)cc1C(=O)O. The van der Waals surface area contributed by atoms with E-state index in [1.54, 1.807) is 10.7 Å². The molecule has 1 rings (SSSR count). The molecule has 0 saturated carbocycles. The Morgan fingerprint density at radius 1 is 1.53 bits per heavy atom. The van der Waals surface area contributed by atoms with Crippen molar-refractivity contribution in [1.82, 2.24) is 9.78 Å². The van der Waals surface area contributed by atoms with Gasteiger partial charge < -0.3 is 5.11 Å². The molecular weight excluding hydrogens is 192 g/mol. The zero-order chi connectivity index (χ0) is 11.6. The summed E-state index contributed by atoms with van der Waals surface area (Å²) < 4.78 is 1.61. The molecule has 0 fully saturated rings. The van der Waals surface area contributed by atoms with E-state index >= 15 is 0 Å². The van der Waals surface area contributed by atoms with E-state index in [0.29, 0.717) is 0 Å². The molecule has 0 radical (unpaired) electrons. The van der Waals surface area contributed by atoms with Crippen LogP contribution in [-0.2, 0) is 0 Å². The largest absolute Gasteiger partial charge is 0.477 e. The van der Waals surface area contributed by atoms with E-state index in [9.17, 15) is 4.79 Å². The predicted octanol–water partition coefficient (Wildman–Crippen LogP) is 2.68. The quantitative estimate of drug-likeness (QED) is 0.831. The van der Waals surface area contributed by atoms with Crippen LogP contribution in [-0.4, -0.2) is 20.9 Å². The molecular formula is C11H18N2O2. The van der Waals surface area contributed by atoms with Gasteiger partial charge in [-0.2, -0.15) is 5.10 Å². The third-order valence-electron chi connectivity index (χ3n) is 2.57. The highest BCUT2D eigenvalue weighted by molar-refractivity contribution is 5.85. The summed E-state index contributed by atoms with van der Waals surface area (Å²) in [5, 5.41) is 13.4. The average Bonchev–Trinajstić information content (AvgIpc) is 2.61. The molecule has 0 amide bonds. The van der Waals surface area contributed by atoms with Gasteiger partial charge in [0, 0.05) is 6.04 Å². The molecule has 1 heterocycles. The molecule has 0 aliphatic heterocycles. The molecule has 0 bridgehead atoms. The fourth-order valence-corrected chi connectivity index (χ4v) is 1.36. The minimum atomic E-state index is -0.908. The van der Waals surface area contributed by atoms with E-state index in [4.69, 9.17) is 5.11 Å². The van der Waals surface area contributed by atoms with Gasteiger partial charge in [0.15, 0.2) is 0 Å². The lowest BCUT2D eigenvalue weighted by molar-refractivity contribution is 0.0680.